The van der Waals surface area contributed by atoms with Gasteiger partial charge in [0.25, 0.3) is 5.91 Å². The summed E-state index contributed by atoms with van der Waals surface area (Å²) in [6.45, 7) is 2.19. The van der Waals surface area contributed by atoms with Crippen molar-refractivity contribution in [2.24, 2.45) is 0 Å². The van der Waals surface area contributed by atoms with Crippen LogP contribution in [0.15, 0.2) is 52.9 Å². The summed E-state index contributed by atoms with van der Waals surface area (Å²) in [6.07, 6.45) is 0. The standard InChI is InChI=1S/C20H17N3O3S2/c1-12(24)21-11-14-7-9-18(27-14)19(25)22-10-13-6-8-16(26-13)20-23-15-4-2-3-5-17(15)28-20/h2-9H,10-11H2,1H3,(H,21,24)(H,22,25). The third-order valence-electron chi connectivity index (χ3n) is 3.99. The fourth-order valence-corrected chi connectivity index (χ4v) is 4.42. The smallest absolute Gasteiger partial charge is 0.261 e. The quantitative estimate of drug-likeness (QED) is 0.498. The molecule has 0 aliphatic carbocycles. The summed E-state index contributed by atoms with van der Waals surface area (Å²) >= 11 is 2.93. The largest absolute Gasteiger partial charge is 0.457 e. The number of thiophene rings is 1. The predicted octanol–water partition coefficient (Wildman–Crippen LogP) is 4.18. The third-order valence-corrected chi connectivity index (χ3v) is 6.12. The van der Waals surface area contributed by atoms with Gasteiger partial charge in [0.15, 0.2) is 10.8 Å². The van der Waals surface area contributed by atoms with Crippen LogP contribution in [0.25, 0.3) is 21.0 Å². The van der Waals surface area contributed by atoms with Crippen LogP contribution in [0.3, 0.4) is 0 Å². The number of nitrogens with zero attached hydrogens (tertiary/aromatic N) is 1. The maximum absolute atomic E-state index is 12.3. The summed E-state index contributed by atoms with van der Waals surface area (Å²) in [7, 11) is 0. The van der Waals surface area contributed by atoms with Gasteiger partial charge in [-0.3, -0.25) is 9.59 Å². The molecule has 6 nitrogen and oxygen atoms in total. The monoisotopic (exact) mass is 411 g/mol. The molecule has 142 valence electrons. The van der Waals surface area contributed by atoms with Crippen LogP contribution in [-0.2, 0) is 17.9 Å². The van der Waals surface area contributed by atoms with Crippen LogP contribution < -0.4 is 10.6 Å². The Morgan fingerprint density at radius 3 is 2.68 bits per heavy atom. The molecule has 4 rings (SSSR count). The van der Waals surface area contributed by atoms with Gasteiger partial charge in [-0.1, -0.05) is 12.1 Å². The fourth-order valence-electron chi connectivity index (χ4n) is 2.63. The number of hydrogen-bond acceptors (Lipinski definition) is 6. The van der Waals surface area contributed by atoms with Gasteiger partial charge in [0, 0.05) is 11.8 Å². The third kappa shape index (κ3) is 4.13. The van der Waals surface area contributed by atoms with E-state index in [1.807, 2.05) is 42.5 Å². The first kappa shape index (κ1) is 18.4. The highest BCUT2D eigenvalue weighted by Crippen LogP contribution is 2.31. The van der Waals surface area contributed by atoms with Gasteiger partial charge in [-0.15, -0.1) is 22.7 Å². The van der Waals surface area contributed by atoms with Gasteiger partial charge in [0.2, 0.25) is 5.91 Å². The molecule has 28 heavy (non-hydrogen) atoms. The number of nitrogens with one attached hydrogen (secondary N) is 2. The minimum Gasteiger partial charge on any atom is -0.457 e. The van der Waals surface area contributed by atoms with Crippen molar-refractivity contribution < 1.29 is 14.0 Å². The highest BCUT2D eigenvalue weighted by molar-refractivity contribution is 7.21. The molecule has 4 aromatic rings. The second-order valence-corrected chi connectivity index (χ2v) is 8.31. The van der Waals surface area contributed by atoms with E-state index >= 15 is 0 Å². The Morgan fingerprint density at radius 1 is 1.00 bits per heavy atom. The minimum atomic E-state index is -0.169. The molecule has 0 saturated heterocycles. The zero-order valence-corrected chi connectivity index (χ0v) is 16.7. The molecule has 8 heteroatoms. The minimum absolute atomic E-state index is 0.0962. The van der Waals surface area contributed by atoms with E-state index in [-0.39, 0.29) is 11.8 Å². The van der Waals surface area contributed by atoms with E-state index in [9.17, 15) is 9.59 Å². The van der Waals surface area contributed by atoms with Crippen molar-refractivity contribution in [2.75, 3.05) is 0 Å². The summed E-state index contributed by atoms with van der Waals surface area (Å²) in [6, 6.07) is 15.3. The van der Waals surface area contributed by atoms with Crippen molar-refractivity contribution in [3.8, 4) is 10.8 Å². The Hall–Kier alpha value is -2.97. The van der Waals surface area contributed by atoms with Gasteiger partial charge < -0.3 is 15.1 Å². The number of para-hydroxylation sites is 1. The first-order chi connectivity index (χ1) is 13.6. The first-order valence-corrected chi connectivity index (χ1v) is 10.3. The van der Waals surface area contributed by atoms with Crippen LogP contribution in [0.1, 0.15) is 27.2 Å². The highest BCUT2D eigenvalue weighted by atomic mass is 32.1. The number of thiazole rings is 1. The van der Waals surface area contributed by atoms with E-state index in [0.717, 1.165) is 20.1 Å². The molecule has 0 aliphatic rings. The van der Waals surface area contributed by atoms with E-state index in [2.05, 4.69) is 15.6 Å². The molecule has 2 amide bonds. The fraction of sp³-hybridized carbons (Fsp3) is 0.150. The van der Waals surface area contributed by atoms with Crippen LogP contribution in [0.2, 0.25) is 0 Å². The molecule has 3 heterocycles. The van der Waals surface area contributed by atoms with Crippen molar-refractivity contribution in [3.63, 3.8) is 0 Å². The summed E-state index contributed by atoms with van der Waals surface area (Å²) < 4.78 is 6.95. The molecule has 0 radical (unpaired) electrons. The molecule has 0 spiro atoms. The number of carbonyl (C=O) groups is 2. The number of carbonyl (C=O) groups excluding carboxylic acids is 2. The lowest BCUT2D eigenvalue weighted by Crippen LogP contribution is -2.21. The summed E-state index contributed by atoms with van der Waals surface area (Å²) in [5.41, 5.74) is 0.946. The molecule has 1 aromatic carbocycles. The number of benzene rings is 1. The van der Waals surface area contributed by atoms with Gasteiger partial charge in [0.1, 0.15) is 5.76 Å². The SMILES string of the molecule is CC(=O)NCc1ccc(C(=O)NCc2ccc(-c3nc4ccccc4s3)o2)s1. The zero-order valence-electron chi connectivity index (χ0n) is 15.0. The molecule has 0 unspecified atom stereocenters. The van der Waals surface area contributed by atoms with E-state index in [4.69, 9.17) is 4.42 Å². The highest BCUT2D eigenvalue weighted by Gasteiger charge is 2.13. The second-order valence-electron chi connectivity index (χ2n) is 6.11. The molecule has 3 aromatic heterocycles. The van der Waals surface area contributed by atoms with Crippen LogP contribution in [-0.4, -0.2) is 16.8 Å². The Balaban J connectivity index is 1.37. The Bertz CT molecular complexity index is 1110. The topological polar surface area (TPSA) is 84.2 Å². The summed E-state index contributed by atoms with van der Waals surface area (Å²) in [5.74, 6) is 1.09. The zero-order chi connectivity index (χ0) is 19.5. The normalized spacial score (nSPS) is 10.9. The predicted molar refractivity (Wildman–Crippen MR) is 110 cm³/mol. The molecule has 2 N–H and O–H groups in total. The van der Waals surface area contributed by atoms with E-state index in [1.54, 1.807) is 17.4 Å². The van der Waals surface area contributed by atoms with Gasteiger partial charge in [-0.2, -0.15) is 0 Å². The van der Waals surface area contributed by atoms with Gasteiger partial charge >= 0.3 is 0 Å². The number of amides is 2. The lowest BCUT2D eigenvalue weighted by atomic mass is 10.3. The number of furan rings is 1. The molecular formula is C20H17N3O3S2. The van der Waals surface area contributed by atoms with Crippen LogP contribution in [0.5, 0.6) is 0 Å². The van der Waals surface area contributed by atoms with E-state index in [0.29, 0.717) is 29.5 Å². The van der Waals surface area contributed by atoms with Crippen LogP contribution in [0, 0.1) is 0 Å². The average Bonchev–Trinajstić information content (AvgIpc) is 3.43. The van der Waals surface area contributed by atoms with E-state index < -0.39 is 0 Å². The average molecular weight is 412 g/mol. The molecule has 0 bridgehead atoms. The van der Waals surface area contributed by atoms with Crippen molar-refractivity contribution in [1.82, 2.24) is 15.6 Å². The summed E-state index contributed by atoms with van der Waals surface area (Å²) in [4.78, 5) is 29.4. The maximum Gasteiger partial charge on any atom is 0.261 e. The molecule has 0 atom stereocenters. The number of aromatic nitrogens is 1. The number of hydrogen-bond donors (Lipinski definition) is 2. The van der Waals surface area contributed by atoms with Crippen molar-refractivity contribution >= 4 is 44.7 Å². The Kier molecular flexibility index (Phi) is 5.23. The van der Waals surface area contributed by atoms with Crippen molar-refractivity contribution in [3.05, 3.63) is 64.0 Å². The lowest BCUT2D eigenvalue weighted by Gasteiger charge is -2.01. The van der Waals surface area contributed by atoms with Crippen molar-refractivity contribution in [1.29, 1.82) is 0 Å². The van der Waals surface area contributed by atoms with Crippen LogP contribution >= 0.6 is 22.7 Å². The molecule has 0 saturated carbocycles. The Morgan fingerprint density at radius 2 is 1.86 bits per heavy atom. The number of rotatable bonds is 6. The molecular weight excluding hydrogens is 394 g/mol. The first-order valence-electron chi connectivity index (χ1n) is 8.64. The second kappa shape index (κ2) is 7.95. The van der Waals surface area contributed by atoms with Gasteiger partial charge in [0.05, 0.1) is 28.2 Å². The molecule has 0 aliphatic heterocycles. The van der Waals surface area contributed by atoms with Crippen molar-refractivity contribution in [2.45, 2.75) is 20.0 Å². The number of fused-ring (bicyclic) bond motifs is 1. The van der Waals surface area contributed by atoms with Gasteiger partial charge in [-0.25, -0.2) is 4.98 Å². The Labute approximate surface area is 169 Å². The molecule has 0 fully saturated rings. The lowest BCUT2D eigenvalue weighted by molar-refractivity contribution is -0.119. The van der Waals surface area contributed by atoms with Crippen LogP contribution in [0.4, 0.5) is 0 Å². The van der Waals surface area contributed by atoms with Gasteiger partial charge in [-0.05, 0) is 36.4 Å². The van der Waals surface area contributed by atoms with E-state index in [1.165, 1.54) is 18.3 Å². The summed E-state index contributed by atoms with van der Waals surface area (Å²) in [5, 5.41) is 6.40. The maximum atomic E-state index is 12.3.